The van der Waals surface area contributed by atoms with Crippen LogP contribution in [0, 0.1) is 0 Å². The third-order valence-corrected chi connectivity index (χ3v) is 3.27. The second-order valence-electron chi connectivity index (χ2n) is 4.45. The first kappa shape index (κ1) is 14.4. The number of ether oxygens (including phenoxy) is 1. The normalized spacial score (nSPS) is 32.1. The number of halogens is 6. The number of cyclic esters (lactones) is 1. The molecule has 0 aromatic rings. The number of carbonyl (C=O) groups is 1. The molecule has 2 rings (SSSR count). The van der Waals surface area contributed by atoms with Crippen LogP contribution in [-0.4, -0.2) is 52.7 Å². The summed E-state index contributed by atoms with van der Waals surface area (Å²) in [5, 5.41) is 9.25. The Bertz CT molecular complexity index is 378. The molecule has 0 aromatic heterocycles. The van der Waals surface area contributed by atoms with E-state index in [9.17, 15) is 36.2 Å². The molecule has 2 aliphatic heterocycles. The first-order valence-corrected chi connectivity index (χ1v) is 5.32. The molecule has 0 aromatic carbocycles. The van der Waals surface area contributed by atoms with Crippen LogP contribution in [-0.2, 0) is 9.53 Å². The summed E-state index contributed by atoms with van der Waals surface area (Å²) in [6.07, 6.45) is -13.5. The van der Waals surface area contributed by atoms with Crippen molar-refractivity contribution in [2.75, 3.05) is 6.54 Å². The molecule has 0 aliphatic carbocycles. The van der Waals surface area contributed by atoms with Gasteiger partial charge in [-0.2, -0.15) is 26.3 Å². The van der Waals surface area contributed by atoms with E-state index in [-0.39, 0.29) is 11.3 Å². The van der Waals surface area contributed by atoms with E-state index in [1.165, 1.54) is 0 Å². The largest absolute Gasteiger partial charge is 0.453 e. The van der Waals surface area contributed by atoms with Crippen LogP contribution in [0.1, 0.15) is 12.8 Å². The highest BCUT2D eigenvalue weighted by molar-refractivity contribution is 5.79. The van der Waals surface area contributed by atoms with Gasteiger partial charge in [0.05, 0.1) is 6.10 Å². The Morgan fingerprint density at radius 2 is 1.74 bits per heavy atom. The van der Waals surface area contributed by atoms with Crippen molar-refractivity contribution in [3.8, 4) is 0 Å². The van der Waals surface area contributed by atoms with Crippen molar-refractivity contribution in [2.24, 2.45) is 0 Å². The maximum absolute atomic E-state index is 12.9. The van der Waals surface area contributed by atoms with Gasteiger partial charge in [0.1, 0.15) is 6.04 Å². The number of aliphatic hydroxyl groups excluding tert-OH is 1. The Balaban J connectivity index is 2.49. The highest BCUT2D eigenvalue weighted by atomic mass is 19.4. The lowest BCUT2D eigenvalue weighted by Crippen LogP contribution is -2.67. The molecule has 19 heavy (non-hydrogen) atoms. The molecule has 2 aliphatic rings. The maximum Gasteiger partial charge on any atom is 0.453 e. The Kier molecular flexibility index (Phi) is 3.01. The summed E-state index contributed by atoms with van der Waals surface area (Å²) < 4.78 is 80.8. The number of piperidine rings is 1. The fourth-order valence-corrected chi connectivity index (χ4v) is 2.42. The van der Waals surface area contributed by atoms with Crippen molar-refractivity contribution < 1.29 is 41.0 Å². The van der Waals surface area contributed by atoms with E-state index in [0.717, 1.165) is 0 Å². The zero-order valence-corrected chi connectivity index (χ0v) is 9.25. The first-order chi connectivity index (χ1) is 8.50. The van der Waals surface area contributed by atoms with Gasteiger partial charge in [0.15, 0.2) is 0 Å². The number of nitrogens with zero attached hydrogens (tertiary/aromatic N) is 1. The van der Waals surface area contributed by atoms with E-state index in [4.69, 9.17) is 0 Å². The first-order valence-electron chi connectivity index (χ1n) is 5.32. The SMILES string of the molecule is O=C1OC(C(F)(F)F)(C(F)(F)F)N2CC[C@@H](O)C[C@@H]12. The van der Waals surface area contributed by atoms with Gasteiger partial charge >= 0.3 is 24.0 Å². The summed E-state index contributed by atoms with van der Waals surface area (Å²) >= 11 is 0. The number of fused-ring (bicyclic) bond motifs is 1. The van der Waals surface area contributed by atoms with E-state index in [1.54, 1.807) is 0 Å². The topological polar surface area (TPSA) is 49.8 Å². The van der Waals surface area contributed by atoms with Crippen LogP contribution >= 0.6 is 0 Å². The average Bonchev–Trinajstić information content (AvgIpc) is 2.51. The zero-order chi connectivity index (χ0) is 14.6. The fraction of sp³-hybridized carbons (Fsp3) is 0.889. The fourth-order valence-electron chi connectivity index (χ4n) is 2.42. The van der Waals surface area contributed by atoms with Crippen LogP contribution in [0.15, 0.2) is 0 Å². The molecule has 2 saturated heterocycles. The molecule has 2 heterocycles. The van der Waals surface area contributed by atoms with Gasteiger partial charge in [-0.1, -0.05) is 0 Å². The summed E-state index contributed by atoms with van der Waals surface area (Å²) in [4.78, 5) is 11.2. The molecular weight excluding hydrogens is 284 g/mol. The average molecular weight is 293 g/mol. The van der Waals surface area contributed by atoms with Crippen LogP contribution in [0.25, 0.3) is 0 Å². The van der Waals surface area contributed by atoms with Gasteiger partial charge in [0.2, 0.25) is 0 Å². The van der Waals surface area contributed by atoms with Gasteiger partial charge in [-0.25, -0.2) is 4.90 Å². The summed E-state index contributed by atoms with van der Waals surface area (Å²) in [5.74, 6) is -1.62. The number of esters is 1. The second kappa shape index (κ2) is 3.98. The highest BCUT2D eigenvalue weighted by Crippen LogP contribution is 2.53. The number of hydrogen-bond donors (Lipinski definition) is 1. The predicted molar refractivity (Wildman–Crippen MR) is 46.7 cm³/mol. The maximum atomic E-state index is 12.9. The van der Waals surface area contributed by atoms with Gasteiger partial charge in [0, 0.05) is 6.54 Å². The molecule has 0 amide bonds. The minimum atomic E-state index is -5.81. The second-order valence-corrected chi connectivity index (χ2v) is 4.45. The standard InChI is InChI=1S/C9H9F6NO3/c10-8(11,12)7(9(13,14)15)16-2-1-4(17)3-5(16)6(18)19-7/h4-5,17H,1-3H2/t4-,5+/m1/s1. The molecule has 0 spiro atoms. The third kappa shape index (κ3) is 1.88. The predicted octanol–water partition coefficient (Wildman–Crippen LogP) is 1.19. The van der Waals surface area contributed by atoms with Crippen LogP contribution in [0.3, 0.4) is 0 Å². The van der Waals surface area contributed by atoms with E-state index in [0.29, 0.717) is 0 Å². The molecule has 4 nitrogen and oxygen atoms in total. The van der Waals surface area contributed by atoms with E-state index in [1.807, 2.05) is 0 Å². The molecular formula is C9H9F6NO3. The van der Waals surface area contributed by atoms with E-state index in [2.05, 4.69) is 4.74 Å². The minimum Gasteiger partial charge on any atom is -0.423 e. The lowest BCUT2D eigenvalue weighted by atomic mass is 9.97. The lowest BCUT2D eigenvalue weighted by molar-refractivity contribution is -0.403. The summed E-state index contributed by atoms with van der Waals surface area (Å²) in [7, 11) is 0. The Morgan fingerprint density at radius 1 is 1.21 bits per heavy atom. The molecule has 110 valence electrons. The molecule has 2 atom stereocenters. The van der Waals surface area contributed by atoms with Crippen molar-refractivity contribution >= 4 is 5.97 Å². The molecule has 0 saturated carbocycles. The molecule has 0 bridgehead atoms. The van der Waals surface area contributed by atoms with Crippen molar-refractivity contribution in [2.45, 2.75) is 43.1 Å². The number of aliphatic hydroxyl groups is 1. The Morgan fingerprint density at radius 3 is 2.21 bits per heavy atom. The monoisotopic (exact) mass is 293 g/mol. The number of alkyl halides is 6. The summed E-state index contributed by atoms with van der Waals surface area (Å²) in [6, 6.07) is -1.73. The number of carbonyl (C=O) groups excluding carboxylic acids is 1. The van der Waals surface area contributed by atoms with Crippen LogP contribution in [0.4, 0.5) is 26.3 Å². The molecule has 2 fully saturated rings. The van der Waals surface area contributed by atoms with Crippen molar-refractivity contribution in [1.29, 1.82) is 0 Å². The number of rotatable bonds is 0. The van der Waals surface area contributed by atoms with Crippen molar-refractivity contribution in [1.82, 2.24) is 4.90 Å². The molecule has 0 unspecified atom stereocenters. The summed E-state index contributed by atoms with van der Waals surface area (Å²) in [6.45, 7) is -0.726. The molecule has 10 heteroatoms. The van der Waals surface area contributed by atoms with E-state index >= 15 is 0 Å². The third-order valence-electron chi connectivity index (χ3n) is 3.27. The van der Waals surface area contributed by atoms with Crippen LogP contribution < -0.4 is 0 Å². The van der Waals surface area contributed by atoms with Crippen LogP contribution in [0.5, 0.6) is 0 Å². The van der Waals surface area contributed by atoms with Crippen LogP contribution in [0.2, 0.25) is 0 Å². The van der Waals surface area contributed by atoms with Gasteiger partial charge in [-0.15, -0.1) is 0 Å². The van der Waals surface area contributed by atoms with Gasteiger partial charge in [-0.3, -0.25) is 4.79 Å². The molecule has 1 N–H and O–H groups in total. The van der Waals surface area contributed by atoms with Gasteiger partial charge < -0.3 is 9.84 Å². The van der Waals surface area contributed by atoms with Crippen molar-refractivity contribution in [3.05, 3.63) is 0 Å². The smallest absolute Gasteiger partial charge is 0.423 e. The van der Waals surface area contributed by atoms with Crippen molar-refractivity contribution in [3.63, 3.8) is 0 Å². The Hall–Kier alpha value is -1.03. The number of hydrogen-bond acceptors (Lipinski definition) is 4. The summed E-state index contributed by atoms with van der Waals surface area (Å²) in [5.41, 5.74) is -4.61. The van der Waals surface area contributed by atoms with Gasteiger partial charge in [0.25, 0.3) is 0 Å². The zero-order valence-electron chi connectivity index (χ0n) is 9.25. The minimum absolute atomic E-state index is 0.0535. The molecule has 0 radical (unpaired) electrons. The lowest BCUT2D eigenvalue weighted by Gasteiger charge is -2.41. The highest BCUT2D eigenvalue weighted by Gasteiger charge is 2.82. The van der Waals surface area contributed by atoms with Gasteiger partial charge in [-0.05, 0) is 12.8 Å². The Labute approximate surface area is 102 Å². The quantitative estimate of drug-likeness (QED) is 0.538. The van der Waals surface area contributed by atoms with E-state index < -0.39 is 49.2 Å².